The van der Waals surface area contributed by atoms with Crippen molar-refractivity contribution >= 4 is 34.2 Å². The van der Waals surface area contributed by atoms with Crippen LogP contribution in [-0.2, 0) is 9.53 Å². The van der Waals surface area contributed by atoms with E-state index in [9.17, 15) is 9.59 Å². The van der Waals surface area contributed by atoms with E-state index in [1.165, 1.54) is 0 Å². The topological polar surface area (TPSA) is 69.4 Å². The number of thiophene rings is 1. The number of nitrogens with zero attached hydrogens (tertiary/aromatic N) is 1. The van der Waals surface area contributed by atoms with Gasteiger partial charge in [-0.2, -0.15) is 0 Å². The second-order valence-corrected chi connectivity index (χ2v) is 6.41. The van der Waals surface area contributed by atoms with E-state index in [1.54, 1.807) is 43.4 Å². The lowest BCUT2D eigenvalue weighted by atomic mass is 9.99. The summed E-state index contributed by atoms with van der Waals surface area (Å²) in [7, 11) is 0. The summed E-state index contributed by atoms with van der Waals surface area (Å²) < 4.78 is 10.7. The molecular weight excluding hydrogens is 326 g/mol. The van der Waals surface area contributed by atoms with Gasteiger partial charge in [0.25, 0.3) is 0 Å². The van der Waals surface area contributed by atoms with Crippen molar-refractivity contribution < 1.29 is 18.7 Å². The van der Waals surface area contributed by atoms with Crippen molar-refractivity contribution in [1.29, 1.82) is 0 Å². The summed E-state index contributed by atoms with van der Waals surface area (Å²) in [6.07, 6.45) is 0.107. The highest BCUT2D eigenvalue weighted by molar-refractivity contribution is 7.13. The van der Waals surface area contributed by atoms with E-state index in [-0.39, 0.29) is 18.2 Å². The number of carbonyl (C=O) groups excluding carboxylic acids is 2. The SMILES string of the molecule is CCOC(=O)C(C)CC(=O)c1ccc2nc(-c3cccs3)oc2c1. The molecule has 2 aromatic heterocycles. The monoisotopic (exact) mass is 343 g/mol. The number of carbonyl (C=O) groups is 2. The van der Waals surface area contributed by atoms with Crippen molar-refractivity contribution in [2.24, 2.45) is 5.92 Å². The van der Waals surface area contributed by atoms with E-state index in [0.29, 0.717) is 29.2 Å². The summed E-state index contributed by atoms with van der Waals surface area (Å²) in [6, 6.07) is 9.02. The van der Waals surface area contributed by atoms with Crippen LogP contribution in [0.25, 0.3) is 21.9 Å². The largest absolute Gasteiger partial charge is 0.466 e. The molecule has 6 heteroatoms. The van der Waals surface area contributed by atoms with E-state index in [2.05, 4.69) is 4.98 Å². The summed E-state index contributed by atoms with van der Waals surface area (Å²) >= 11 is 1.54. The molecule has 0 aliphatic carbocycles. The number of ether oxygens (including phenoxy) is 1. The lowest BCUT2D eigenvalue weighted by Crippen LogP contribution is -2.18. The number of fused-ring (bicyclic) bond motifs is 1. The predicted molar refractivity (Wildman–Crippen MR) is 92.1 cm³/mol. The molecule has 0 saturated carbocycles. The average Bonchev–Trinajstić information content (AvgIpc) is 3.23. The number of hydrogen-bond acceptors (Lipinski definition) is 6. The number of ketones is 1. The van der Waals surface area contributed by atoms with Crippen LogP contribution in [0.15, 0.2) is 40.1 Å². The van der Waals surface area contributed by atoms with Crippen molar-refractivity contribution in [3.8, 4) is 10.8 Å². The Bertz CT molecular complexity index is 866. The van der Waals surface area contributed by atoms with E-state index in [4.69, 9.17) is 9.15 Å². The Hall–Kier alpha value is -2.47. The highest BCUT2D eigenvalue weighted by Gasteiger charge is 2.20. The van der Waals surface area contributed by atoms with Gasteiger partial charge >= 0.3 is 5.97 Å². The fourth-order valence-corrected chi connectivity index (χ4v) is 3.02. The van der Waals surface area contributed by atoms with Gasteiger partial charge in [-0.1, -0.05) is 13.0 Å². The maximum absolute atomic E-state index is 12.4. The van der Waals surface area contributed by atoms with Crippen molar-refractivity contribution in [2.75, 3.05) is 6.61 Å². The maximum Gasteiger partial charge on any atom is 0.309 e. The van der Waals surface area contributed by atoms with Gasteiger partial charge in [-0.3, -0.25) is 9.59 Å². The van der Waals surface area contributed by atoms with E-state index < -0.39 is 5.92 Å². The minimum Gasteiger partial charge on any atom is -0.466 e. The summed E-state index contributed by atoms with van der Waals surface area (Å²) in [6.45, 7) is 3.75. The Kier molecular flexibility index (Phi) is 4.76. The smallest absolute Gasteiger partial charge is 0.309 e. The van der Waals surface area contributed by atoms with Crippen molar-refractivity contribution in [2.45, 2.75) is 20.3 Å². The van der Waals surface area contributed by atoms with Gasteiger partial charge < -0.3 is 9.15 Å². The lowest BCUT2D eigenvalue weighted by molar-refractivity contribution is -0.147. The average molecular weight is 343 g/mol. The Morgan fingerprint density at radius 3 is 2.88 bits per heavy atom. The molecular formula is C18H17NO4S. The maximum atomic E-state index is 12.4. The molecule has 0 radical (unpaired) electrons. The third-order valence-electron chi connectivity index (χ3n) is 3.62. The zero-order valence-corrected chi connectivity index (χ0v) is 14.3. The number of hydrogen-bond donors (Lipinski definition) is 0. The summed E-state index contributed by atoms with van der Waals surface area (Å²) in [5.41, 5.74) is 1.77. The number of rotatable bonds is 6. The lowest BCUT2D eigenvalue weighted by Gasteiger charge is -2.09. The minimum absolute atomic E-state index is 0.107. The molecule has 0 aliphatic rings. The fraction of sp³-hybridized carbons (Fsp3) is 0.278. The Labute approximate surface area is 143 Å². The molecule has 124 valence electrons. The Morgan fingerprint density at radius 2 is 2.17 bits per heavy atom. The number of esters is 1. The van der Waals surface area contributed by atoms with Crippen LogP contribution >= 0.6 is 11.3 Å². The Balaban J connectivity index is 1.80. The van der Waals surface area contributed by atoms with Crippen LogP contribution in [-0.4, -0.2) is 23.3 Å². The third-order valence-corrected chi connectivity index (χ3v) is 4.48. The van der Waals surface area contributed by atoms with Crippen molar-refractivity contribution in [1.82, 2.24) is 4.98 Å². The minimum atomic E-state index is -0.468. The zero-order chi connectivity index (χ0) is 17.1. The van der Waals surface area contributed by atoms with Crippen LogP contribution < -0.4 is 0 Å². The molecule has 3 aromatic rings. The quantitative estimate of drug-likeness (QED) is 0.492. The van der Waals surface area contributed by atoms with Gasteiger partial charge in [0, 0.05) is 12.0 Å². The fourth-order valence-electron chi connectivity index (χ4n) is 2.37. The highest BCUT2D eigenvalue weighted by Crippen LogP contribution is 2.28. The van der Waals surface area contributed by atoms with E-state index >= 15 is 0 Å². The first-order valence-corrected chi connectivity index (χ1v) is 8.60. The number of benzene rings is 1. The highest BCUT2D eigenvalue weighted by atomic mass is 32.1. The van der Waals surface area contributed by atoms with Crippen LogP contribution in [0.3, 0.4) is 0 Å². The van der Waals surface area contributed by atoms with Gasteiger partial charge in [0.1, 0.15) is 5.52 Å². The molecule has 5 nitrogen and oxygen atoms in total. The van der Waals surface area contributed by atoms with Crippen LogP contribution in [0, 0.1) is 5.92 Å². The van der Waals surface area contributed by atoms with E-state index in [0.717, 1.165) is 4.88 Å². The van der Waals surface area contributed by atoms with Gasteiger partial charge in [0.05, 0.1) is 17.4 Å². The van der Waals surface area contributed by atoms with Crippen LogP contribution in [0.4, 0.5) is 0 Å². The summed E-state index contributed by atoms with van der Waals surface area (Å²) in [5, 5.41) is 1.95. The first-order chi connectivity index (χ1) is 11.6. The van der Waals surface area contributed by atoms with Gasteiger partial charge in [-0.25, -0.2) is 4.98 Å². The molecule has 0 bridgehead atoms. The summed E-state index contributed by atoms with van der Waals surface area (Å²) in [4.78, 5) is 29.4. The van der Waals surface area contributed by atoms with Gasteiger partial charge in [0.15, 0.2) is 11.4 Å². The number of Topliss-reactive ketones (excluding diaryl/α,β-unsaturated/α-hetero) is 1. The van der Waals surface area contributed by atoms with Gasteiger partial charge in [-0.05, 0) is 36.6 Å². The molecule has 24 heavy (non-hydrogen) atoms. The number of oxazole rings is 1. The van der Waals surface area contributed by atoms with Crippen LogP contribution in [0.2, 0.25) is 0 Å². The standard InChI is InChI=1S/C18H17NO4S/c1-3-22-18(21)11(2)9-14(20)12-6-7-13-15(10-12)23-17(19-13)16-5-4-8-24-16/h4-8,10-11H,3,9H2,1-2H3. The molecule has 0 N–H and O–H groups in total. The molecule has 0 spiro atoms. The first kappa shape index (κ1) is 16.4. The molecule has 0 aliphatic heterocycles. The first-order valence-electron chi connectivity index (χ1n) is 7.72. The van der Waals surface area contributed by atoms with Gasteiger partial charge in [-0.15, -0.1) is 11.3 Å². The second-order valence-electron chi connectivity index (χ2n) is 5.46. The van der Waals surface area contributed by atoms with Crippen LogP contribution in [0.1, 0.15) is 30.6 Å². The Morgan fingerprint density at radius 1 is 1.33 bits per heavy atom. The molecule has 2 heterocycles. The molecule has 1 unspecified atom stereocenters. The predicted octanol–water partition coefficient (Wildman–Crippen LogP) is 4.33. The summed E-state index contributed by atoms with van der Waals surface area (Å²) in [5.74, 6) is -0.396. The molecule has 1 atom stereocenters. The third kappa shape index (κ3) is 3.38. The molecule has 1 aromatic carbocycles. The second kappa shape index (κ2) is 6.97. The van der Waals surface area contributed by atoms with Crippen molar-refractivity contribution in [3.63, 3.8) is 0 Å². The molecule has 3 rings (SSSR count). The van der Waals surface area contributed by atoms with Crippen LogP contribution in [0.5, 0.6) is 0 Å². The van der Waals surface area contributed by atoms with E-state index in [1.807, 2.05) is 17.5 Å². The number of aromatic nitrogens is 1. The van der Waals surface area contributed by atoms with Crippen molar-refractivity contribution in [3.05, 3.63) is 41.3 Å². The van der Waals surface area contributed by atoms with Gasteiger partial charge in [0.2, 0.25) is 5.89 Å². The normalized spacial score (nSPS) is 12.2. The molecule has 0 saturated heterocycles. The molecule has 0 fully saturated rings. The zero-order valence-electron chi connectivity index (χ0n) is 13.4. The molecule has 0 amide bonds.